The molecule has 0 spiro atoms. The molecule has 4 nitrogen and oxygen atoms in total. The van der Waals surface area contributed by atoms with Gasteiger partial charge in [-0.2, -0.15) is 0 Å². The first-order valence-electron chi connectivity index (χ1n) is 7.00. The highest BCUT2D eigenvalue weighted by atomic mass is 35.5. The molecule has 2 N–H and O–H groups in total. The molecule has 5 heteroatoms. The zero-order valence-electron chi connectivity index (χ0n) is 11.5. The molecule has 20 heavy (non-hydrogen) atoms. The van der Waals surface area contributed by atoms with Crippen molar-refractivity contribution in [2.75, 3.05) is 5.32 Å². The molecule has 1 aliphatic rings. The molecule has 2 amide bonds. The summed E-state index contributed by atoms with van der Waals surface area (Å²) in [6.45, 7) is 1.78. The van der Waals surface area contributed by atoms with Crippen LogP contribution in [-0.2, 0) is 4.79 Å². The van der Waals surface area contributed by atoms with Crippen molar-refractivity contribution in [3.63, 3.8) is 0 Å². The van der Waals surface area contributed by atoms with Crippen LogP contribution in [0.3, 0.4) is 0 Å². The second-order valence-electron chi connectivity index (χ2n) is 5.05. The van der Waals surface area contributed by atoms with Crippen molar-refractivity contribution in [1.82, 2.24) is 5.32 Å². The molecule has 0 aliphatic heterocycles. The molecule has 0 saturated heterocycles. The fourth-order valence-electron chi connectivity index (χ4n) is 2.36. The van der Waals surface area contributed by atoms with Crippen molar-refractivity contribution in [1.29, 1.82) is 0 Å². The van der Waals surface area contributed by atoms with Crippen molar-refractivity contribution >= 4 is 29.1 Å². The SMILES string of the molecule is CCC(=O)Nc1ccc(Cl)c(C(=O)NC2CCCC2)c1. The Balaban J connectivity index is 2.10. The summed E-state index contributed by atoms with van der Waals surface area (Å²) in [6.07, 6.45) is 4.76. The van der Waals surface area contributed by atoms with E-state index in [1.165, 1.54) is 0 Å². The van der Waals surface area contributed by atoms with Crippen LogP contribution in [0.5, 0.6) is 0 Å². The van der Waals surface area contributed by atoms with Gasteiger partial charge in [-0.05, 0) is 31.0 Å². The van der Waals surface area contributed by atoms with Crippen molar-refractivity contribution < 1.29 is 9.59 Å². The van der Waals surface area contributed by atoms with Crippen LogP contribution in [0, 0.1) is 0 Å². The third-order valence-electron chi connectivity index (χ3n) is 3.51. The van der Waals surface area contributed by atoms with E-state index in [1.807, 2.05) is 0 Å². The van der Waals surface area contributed by atoms with Crippen LogP contribution in [0.15, 0.2) is 18.2 Å². The van der Waals surface area contributed by atoms with Gasteiger partial charge in [0.25, 0.3) is 5.91 Å². The van der Waals surface area contributed by atoms with Gasteiger partial charge in [0, 0.05) is 18.2 Å². The maximum Gasteiger partial charge on any atom is 0.253 e. The first-order valence-corrected chi connectivity index (χ1v) is 7.38. The van der Waals surface area contributed by atoms with Crippen molar-refractivity contribution in [3.05, 3.63) is 28.8 Å². The minimum Gasteiger partial charge on any atom is -0.349 e. The second-order valence-corrected chi connectivity index (χ2v) is 5.46. The molecule has 1 aromatic carbocycles. The van der Waals surface area contributed by atoms with E-state index in [0.29, 0.717) is 22.7 Å². The molecule has 0 aromatic heterocycles. The Morgan fingerprint density at radius 2 is 2.00 bits per heavy atom. The van der Waals surface area contributed by atoms with Gasteiger partial charge in [-0.25, -0.2) is 0 Å². The molecule has 0 atom stereocenters. The van der Waals surface area contributed by atoms with Gasteiger partial charge in [-0.1, -0.05) is 31.4 Å². The minimum atomic E-state index is -0.172. The Labute approximate surface area is 123 Å². The van der Waals surface area contributed by atoms with Gasteiger partial charge in [0.15, 0.2) is 0 Å². The van der Waals surface area contributed by atoms with Gasteiger partial charge in [0.05, 0.1) is 10.6 Å². The van der Waals surface area contributed by atoms with E-state index in [0.717, 1.165) is 25.7 Å². The number of nitrogens with one attached hydrogen (secondary N) is 2. The summed E-state index contributed by atoms with van der Waals surface area (Å²) in [4.78, 5) is 23.6. The lowest BCUT2D eigenvalue weighted by Crippen LogP contribution is -2.32. The Hall–Kier alpha value is -1.55. The number of hydrogen-bond acceptors (Lipinski definition) is 2. The van der Waals surface area contributed by atoms with Crippen LogP contribution in [0.2, 0.25) is 5.02 Å². The number of rotatable bonds is 4. The molecular weight excluding hydrogens is 276 g/mol. The summed E-state index contributed by atoms with van der Waals surface area (Å²) >= 11 is 6.07. The van der Waals surface area contributed by atoms with Crippen LogP contribution in [0.4, 0.5) is 5.69 Å². The standard InChI is InChI=1S/C15H19ClN2O2/c1-2-14(19)17-11-7-8-13(16)12(9-11)15(20)18-10-5-3-4-6-10/h7-10H,2-6H2,1H3,(H,17,19)(H,18,20). The lowest BCUT2D eigenvalue weighted by Gasteiger charge is -2.13. The van der Waals surface area contributed by atoms with E-state index >= 15 is 0 Å². The number of carbonyl (C=O) groups excluding carboxylic acids is 2. The van der Waals surface area contributed by atoms with Gasteiger partial charge in [-0.15, -0.1) is 0 Å². The van der Waals surface area contributed by atoms with Crippen LogP contribution < -0.4 is 10.6 Å². The summed E-state index contributed by atoms with van der Waals surface area (Å²) in [7, 11) is 0. The third-order valence-corrected chi connectivity index (χ3v) is 3.84. The van der Waals surface area contributed by atoms with E-state index < -0.39 is 0 Å². The topological polar surface area (TPSA) is 58.2 Å². The molecule has 1 aliphatic carbocycles. The summed E-state index contributed by atoms with van der Waals surface area (Å²) < 4.78 is 0. The number of anilines is 1. The number of hydrogen-bond donors (Lipinski definition) is 2. The highest BCUT2D eigenvalue weighted by Crippen LogP contribution is 2.23. The van der Waals surface area contributed by atoms with E-state index in [4.69, 9.17) is 11.6 Å². The molecule has 0 heterocycles. The monoisotopic (exact) mass is 294 g/mol. The van der Waals surface area contributed by atoms with Crippen LogP contribution in [0.1, 0.15) is 49.4 Å². The first kappa shape index (κ1) is 14.9. The first-order chi connectivity index (χ1) is 9.60. The van der Waals surface area contributed by atoms with Crippen LogP contribution in [-0.4, -0.2) is 17.9 Å². The molecule has 1 aromatic rings. The summed E-state index contributed by atoms with van der Waals surface area (Å²) in [5.41, 5.74) is 1.00. The second kappa shape index (κ2) is 6.75. The Morgan fingerprint density at radius 3 is 2.65 bits per heavy atom. The predicted octanol–water partition coefficient (Wildman–Crippen LogP) is 3.36. The van der Waals surface area contributed by atoms with Gasteiger partial charge >= 0.3 is 0 Å². The molecule has 1 fully saturated rings. The summed E-state index contributed by atoms with van der Waals surface area (Å²) in [6, 6.07) is 5.20. The molecule has 1 saturated carbocycles. The van der Waals surface area contributed by atoms with Gasteiger partial charge in [-0.3, -0.25) is 9.59 Å². The minimum absolute atomic E-state index is 0.0885. The maximum atomic E-state index is 12.2. The molecular formula is C15H19ClN2O2. The largest absolute Gasteiger partial charge is 0.349 e. The Morgan fingerprint density at radius 1 is 1.30 bits per heavy atom. The van der Waals surface area contributed by atoms with Crippen molar-refractivity contribution in [3.8, 4) is 0 Å². The fourth-order valence-corrected chi connectivity index (χ4v) is 2.56. The molecule has 0 unspecified atom stereocenters. The highest BCUT2D eigenvalue weighted by molar-refractivity contribution is 6.34. The average molecular weight is 295 g/mol. The van der Waals surface area contributed by atoms with E-state index in [-0.39, 0.29) is 17.9 Å². The smallest absolute Gasteiger partial charge is 0.253 e. The zero-order chi connectivity index (χ0) is 14.5. The van der Waals surface area contributed by atoms with E-state index in [1.54, 1.807) is 25.1 Å². The lowest BCUT2D eigenvalue weighted by molar-refractivity contribution is -0.115. The average Bonchev–Trinajstić information content (AvgIpc) is 2.93. The van der Waals surface area contributed by atoms with Crippen molar-refractivity contribution in [2.24, 2.45) is 0 Å². The van der Waals surface area contributed by atoms with Gasteiger partial charge < -0.3 is 10.6 Å². The Bertz CT molecular complexity index is 511. The number of carbonyl (C=O) groups is 2. The predicted molar refractivity (Wildman–Crippen MR) is 80.1 cm³/mol. The summed E-state index contributed by atoms with van der Waals surface area (Å²) in [5, 5.41) is 6.12. The highest BCUT2D eigenvalue weighted by Gasteiger charge is 2.19. The maximum absolute atomic E-state index is 12.2. The van der Waals surface area contributed by atoms with Crippen LogP contribution >= 0.6 is 11.6 Å². The van der Waals surface area contributed by atoms with Crippen molar-refractivity contribution in [2.45, 2.75) is 45.1 Å². The van der Waals surface area contributed by atoms with Crippen LogP contribution in [0.25, 0.3) is 0 Å². The molecule has 0 radical (unpaired) electrons. The third kappa shape index (κ3) is 3.73. The van der Waals surface area contributed by atoms with E-state index in [2.05, 4.69) is 10.6 Å². The fraction of sp³-hybridized carbons (Fsp3) is 0.467. The molecule has 0 bridgehead atoms. The van der Waals surface area contributed by atoms with Gasteiger partial charge in [0.1, 0.15) is 0 Å². The quantitative estimate of drug-likeness (QED) is 0.894. The van der Waals surface area contributed by atoms with Gasteiger partial charge in [0.2, 0.25) is 5.91 Å². The summed E-state index contributed by atoms with van der Waals surface area (Å²) in [5.74, 6) is -0.260. The Kier molecular flexibility index (Phi) is 5.01. The normalized spacial score (nSPS) is 15.1. The molecule has 2 rings (SSSR count). The lowest BCUT2D eigenvalue weighted by atomic mass is 10.1. The number of halogens is 1. The number of benzene rings is 1. The number of amides is 2. The van der Waals surface area contributed by atoms with E-state index in [9.17, 15) is 9.59 Å². The zero-order valence-corrected chi connectivity index (χ0v) is 12.3. The molecule has 108 valence electrons.